The number of rotatable bonds is 7. The molecule has 0 saturated heterocycles. The van der Waals surface area contributed by atoms with E-state index >= 15 is 0 Å². The predicted molar refractivity (Wildman–Crippen MR) is 113 cm³/mol. The first-order valence-corrected chi connectivity index (χ1v) is 9.38. The van der Waals surface area contributed by atoms with E-state index in [4.69, 9.17) is 0 Å². The average Bonchev–Trinajstić information content (AvgIpc) is 2.75. The highest BCUT2D eigenvalue weighted by Crippen LogP contribution is 2.33. The summed E-state index contributed by atoms with van der Waals surface area (Å²) >= 11 is 0. The molecule has 0 aromatic heterocycles. The minimum absolute atomic E-state index is 0.363. The highest BCUT2D eigenvalue weighted by Gasteiger charge is 2.43. The number of benzene rings is 3. The number of aliphatic hydroxyl groups is 1. The van der Waals surface area contributed by atoms with Crippen molar-refractivity contribution in [1.82, 2.24) is 4.90 Å². The van der Waals surface area contributed by atoms with Crippen LogP contribution in [0.2, 0.25) is 0 Å². The van der Waals surface area contributed by atoms with Crippen molar-refractivity contribution in [1.29, 1.82) is 0 Å². The first-order valence-electron chi connectivity index (χ1n) is 9.38. The Balaban J connectivity index is 2.10. The van der Waals surface area contributed by atoms with Crippen LogP contribution in [0.1, 0.15) is 11.1 Å². The maximum absolute atomic E-state index is 13.8. The third-order valence-electron chi connectivity index (χ3n) is 4.78. The SMILES string of the molecule is CN(C)CCN(C(=O)C(O)(c1ccccc1)c1ccccc1)c1ccccc1. The largest absolute Gasteiger partial charge is 0.372 e. The lowest BCUT2D eigenvalue weighted by molar-refractivity contribution is -0.133. The van der Waals surface area contributed by atoms with Gasteiger partial charge < -0.3 is 14.9 Å². The van der Waals surface area contributed by atoms with Gasteiger partial charge in [-0.3, -0.25) is 4.79 Å². The third-order valence-corrected chi connectivity index (χ3v) is 4.78. The molecule has 4 nitrogen and oxygen atoms in total. The smallest absolute Gasteiger partial charge is 0.268 e. The molecule has 0 atom stereocenters. The summed E-state index contributed by atoms with van der Waals surface area (Å²) in [5.74, 6) is -0.363. The van der Waals surface area contributed by atoms with Crippen LogP contribution in [0.3, 0.4) is 0 Å². The van der Waals surface area contributed by atoms with Crippen molar-refractivity contribution in [3.8, 4) is 0 Å². The highest BCUT2D eigenvalue weighted by atomic mass is 16.3. The summed E-state index contributed by atoms with van der Waals surface area (Å²) in [7, 11) is 3.93. The van der Waals surface area contributed by atoms with Gasteiger partial charge in [-0.05, 0) is 37.4 Å². The molecule has 0 aliphatic carbocycles. The lowest BCUT2D eigenvalue weighted by Crippen LogP contribution is -2.49. The fourth-order valence-electron chi connectivity index (χ4n) is 3.22. The topological polar surface area (TPSA) is 43.8 Å². The highest BCUT2D eigenvalue weighted by molar-refractivity contribution is 6.02. The van der Waals surface area contributed by atoms with Gasteiger partial charge in [0.25, 0.3) is 5.91 Å². The predicted octanol–water partition coefficient (Wildman–Crippen LogP) is 3.52. The van der Waals surface area contributed by atoms with Crippen LogP contribution in [0.5, 0.6) is 0 Å². The van der Waals surface area contributed by atoms with Crippen LogP contribution in [0.15, 0.2) is 91.0 Å². The maximum Gasteiger partial charge on any atom is 0.268 e. The van der Waals surface area contributed by atoms with E-state index in [1.807, 2.05) is 85.7 Å². The van der Waals surface area contributed by atoms with E-state index in [2.05, 4.69) is 0 Å². The molecule has 4 heteroatoms. The zero-order chi connectivity index (χ0) is 20.0. The minimum Gasteiger partial charge on any atom is -0.372 e. The van der Waals surface area contributed by atoms with Gasteiger partial charge in [0.2, 0.25) is 0 Å². The standard InChI is InChI=1S/C24H26N2O2/c1-25(2)18-19-26(22-16-10-5-11-17-22)23(27)24(28,20-12-6-3-7-13-20)21-14-8-4-9-15-21/h3-17,28H,18-19H2,1-2H3. The van der Waals surface area contributed by atoms with Crippen LogP contribution in [0.4, 0.5) is 5.69 Å². The Labute approximate surface area is 166 Å². The van der Waals surface area contributed by atoms with E-state index in [1.54, 1.807) is 29.2 Å². The molecule has 0 spiro atoms. The van der Waals surface area contributed by atoms with Crippen LogP contribution >= 0.6 is 0 Å². The van der Waals surface area contributed by atoms with Gasteiger partial charge in [-0.2, -0.15) is 0 Å². The fourth-order valence-corrected chi connectivity index (χ4v) is 3.22. The number of likely N-dealkylation sites (N-methyl/N-ethyl adjacent to an activating group) is 1. The molecule has 0 aliphatic rings. The summed E-state index contributed by atoms with van der Waals surface area (Å²) in [4.78, 5) is 17.5. The molecule has 28 heavy (non-hydrogen) atoms. The maximum atomic E-state index is 13.8. The molecule has 1 amide bonds. The Morgan fingerprint density at radius 2 is 1.18 bits per heavy atom. The van der Waals surface area contributed by atoms with Gasteiger partial charge in [0.05, 0.1) is 0 Å². The molecule has 0 aliphatic heterocycles. The van der Waals surface area contributed by atoms with Crippen LogP contribution in [0, 0.1) is 0 Å². The average molecular weight is 374 g/mol. The van der Waals surface area contributed by atoms with Crippen molar-refractivity contribution in [2.45, 2.75) is 5.60 Å². The first-order chi connectivity index (χ1) is 13.5. The molecule has 0 radical (unpaired) electrons. The third kappa shape index (κ3) is 4.14. The quantitative estimate of drug-likeness (QED) is 0.688. The molecule has 0 bridgehead atoms. The number of carbonyl (C=O) groups is 1. The Hall–Kier alpha value is -2.95. The van der Waals surface area contributed by atoms with Crippen molar-refractivity contribution < 1.29 is 9.90 Å². The van der Waals surface area contributed by atoms with Gasteiger partial charge >= 0.3 is 0 Å². The van der Waals surface area contributed by atoms with Crippen LogP contribution in [0.25, 0.3) is 0 Å². The molecule has 0 saturated carbocycles. The number of anilines is 1. The number of amides is 1. The van der Waals surface area contributed by atoms with Gasteiger partial charge in [0, 0.05) is 18.8 Å². The normalized spacial score (nSPS) is 11.4. The summed E-state index contributed by atoms with van der Waals surface area (Å²) in [5.41, 5.74) is 0.0959. The van der Waals surface area contributed by atoms with E-state index in [1.165, 1.54) is 0 Å². The molecule has 0 heterocycles. The minimum atomic E-state index is -1.77. The van der Waals surface area contributed by atoms with E-state index in [0.717, 1.165) is 5.69 Å². The summed E-state index contributed by atoms with van der Waals surface area (Å²) in [6, 6.07) is 27.8. The van der Waals surface area contributed by atoms with Gasteiger partial charge in [-0.1, -0.05) is 78.9 Å². The monoisotopic (exact) mass is 374 g/mol. The molecule has 3 aromatic carbocycles. The first kappa shape index (κ1) is 19.8. The van der Waals surface area contributed by atoms with Gasteiger partial charge in [-0.15, -0.1) is 0 Å². The van der Waals surface area contributed by atoms with Crippen molar-refractivity contribution in [2.24, 2.45) is 0 Å². The fraction of sp³-hybridized carbons (Fsp3) is 0.208. The van der Waals surface area contributed by atoms with E-state index in [9.17, 15) is 9.90 Å². The Morgan fingerprint density at radius 3 is 1.61 bits per heavy atom. The molecular weight excluding hydrogens is 348 g/mol. The lowest BCUT2D eigenvalue weighted by Gasteiger charge is -2.35. The lowest BCUT2D eigenvalue weighted by atomic mass is 9.84. The number of nitrogens with zero attached hydrogens (tertiary/aromatic N) is 2. The summed E-state index contributed by atoms with van der Waals surface area (Å²) in [6.07, 6.45) is 0. The number of para-hydroxylation sites is 1. The van der Waals surface area contributed by atoms with Crippen LogP contribution < -0.4 is 4.90 Å². The molecule has 0 fully saturated rings. The molecule has 3 aromatic rings. The number of carbonyl (C=O) groups excluding carboxylic acids is 1. The van der Waals surface area contributed by atoms with Crippen molar-refractivity contribution in [2.75, 3.05) is 32.1 Å². The van der Waals surface area contributed by atoms with Gasteiger partial charge in [0.15, 0.2) is 5.60 Å². The summed E-state index contributed by atoms with van der Waals surface area (Å²) in [5, 5.41) is 11.8. The Bertz CT molecular complexity index is 841. The van der Waals surface area contributed by atoms with E-state index in [0.29, 0.717) is 24.2 Å². The van der Waals surface area contributed by atoms with Crippen LogP contribution in [-0.2, 0) is 10.4 Å². The van der Waals surface area contributed by atoms with Gasteiger partial charge in [0.1, 0.15) is 0 Å². The summed E-state index contributed by atoms with van der Waals surface area (Å²) < 4.78 is 0. The van der Waals surface area contributed by atoms with Crippen molar-refractivity contribution in [3.05, 3.63) is 102 Å². The Morgan fingerprint density at radius 1 is 0.750 bits per heavy atom. The molecule has 144 valence electrons. The van der Waals surface area contributed by atoms with E-state index < -0.39 is 5.60 Å². The second-order valence-electron chi connectivity index (χ2n) is 7.04. The molecule has 0 unspecified atom stereocenters. The zero-order valence-electron chi connectivity index (χ0n) is 16.3. The second-order valence-corrected chi connectivity index (χ2v) is 7.04. The van der Waals surface area contributed by atoms with Crippen LogP contribution in [-0.4, -0.2) is 43.1 Å². The Kier molecular flexibility index (Phi) is 6.24. The number of hydrogen-bond donors (Lipinski definition) is 1. The van der Waals surface area contributed by atoms with E-state index in [-0.39, 0.29) is 5.91 Å². The summed E-state index contributed by atoms with van der Waals surface area (Å²) in [6.45, 7) is 1.15. The van der Waals surface area contributed by atoms with Crippen molar-refractivity contribution >= 4 is 11.6 Å². The zero-order valence-corrected chi connectivity index (χ0v) is 16.3. The molecule has 1 N–H and O–H groups in total. The molecule has 3 rings (SSSR count). The number of hydrogen-bond acceptors (Lipinski definition) is 3. The molecular formula is C24H26N2O2. The van der Waals surface area contributed by atoms with Crippen molar-refractivity contribution in [3.63, 3.8) is 0 Å². The van der Waals surface area contributed by atoms with Gasteiger partial charge in [-0.25, -0.2) is 0 Å². The second kappa shape index (κ2) is 8.83.